The molecule has 0 radical (unpaired) electrons. The molecule has 3 rings (SSSR count). The molecule has 0 amide bonds. The molecular formula is C15H12BrN3. The van der Waals surface area contributed by atoms with Crippen molar-refractivity contribution in [2.75, 3.05) is 0 Å². The largest absolute Gasteiger partial charge is 0.213 e. The van der Waals surface area contributed by atoms with Crippen LogP contribution in [0.2, 0.25) is 0 Å². The molecule has 0 unspecified atom stereocenters. The molecule has 0 aliphatic carbocycles. The molecule has 3 aromatic rings. The van der Waals surface area contributed by atoms with Gasteiger partial charge in [-0.1, -0.05) is 51.5 Å². The lowest BCUT2D eigenvalue weighted by Crippen LogP contribution is -1.99. The summed E-state index contributed by atoms with van der Waals surface area (Å²) in [7, 11) is 0. The van der Waals surface area contributed by atoms with Crippen molar-refractivity contribution in [3.63, 3.8) is 0 Å². The van der Waals surface area contributed by atoms with Crippen LogP contribution in [0.25, 0.3) is 16.9 Å². The maximum absolute atomic E-state index is 4.19. The molecule has 0 saturated carbocycles. The fourth-order valence-electron chi connectivity index (χ4n) is 2.04. The summed E-state index contributed by atoms with van der Waals surface area (Å²) >= 11 is 3.57. The van der Waals surface area contributed by atoms with Crippen LogP contribution in [0.1, 0.15) is 5.56 Å². The second-order valence-corrected chi connectivity index (χ2v) is 5.20. The molecule has 2 aromatic carbocycles. The van der Waals surface area contributed by atoms with E-state index in [0.29, 0.717) is 0 Å². The fraction of sp³-hybridized carbons (Fsp3) is 0.0667. The van der Waals surface area contributed by atoms with Crippen molar-refractivity contribution in [3.05, 3.63) is 64.8 Å². The number of halogens is 1. The number of aromatic nitrogens is 3. The van der Waals surface area contributed by atoms with E-state index in [1.807, 2.05) is 35.0 Å². The zero-order valence-electron chi connectivity index (χ0n) is 10.4. The van der Waals surface area contributed by atoms with Crippen molar-refractivity contribution in [3.8, 4) is 16.9 Å². The topological polar surface area (TPSA) is 30.7 Å². The van der Waals surface area contributed by atoms with E-state index in [0.717, 1.165) is 21.4 Å². The maximum atomic E-state index is 4.19. The molecule has 0 fully saturated rings. The van der Waals surface area contributed by atoms with Crippen LogP contribution in [0.5, 0.6) is 0 Å². The Morgan fingerprint density at radius 1 is 1.05 bits per heavy atom. The highest BCUT2D eigenvalue weighted by atomic mass is 79.9. The third kappa shape index (κ3) is 2.31. The number of hydrogen-bond acceptors (Lipinski definition) is 2. The van der Waals surface area contributed by atoms with Crippen molar-refractivity contribution in [2.24, 2.45) is 0 Å². The Morgan fingerprint density at radius 2 is 1.89 bits per heavy atom. The summed E-state index contributed by atoms with van der Waals surface area (Å²) in [5, 5.41) is 8.23. The number of rotatable bonds is 2. The molecule has 94 valence electrons. The van der Waals surface area contributed by atoms with Crippen molar-refractivity contribution in [1.29, 1.82) is 0 Å². The highest BCUT2D eigenvalue weighted by molar-refractivity contribution is 9.10. The van der Waals surface area contributed by atoms with Crippen LogP contribution < -0.4 is 0 Å². The Labute approximate surface area is 120 Å². The first-order valence-electron chi connectivity index (χ1n) is 5.98. The van der Waals surface area contributed by atoms with Gasteiger partial charge in [0.25, 0.3) is 0 Å². The van der Waals surface area contributed by atoms with Crippen molar-refractivity contribution >= 4 is 15.9 Å². The summed E-state index contributed by atoms with van der Waals surface area (Å²) in [5.41, 5.74) is 4.27. The van der Waals surface area contributed by atoms with Gasteiger partial charge in [-0.05, 0) is 30.7 Å². The van der Waals surface area contributed by atoms with E-state index < -0.39 is 0 Å². The summed E-state index contributed by atoms with van der Waals surface area (Å²) in [6, 6.07) is 16.3. The summed E-state index contributed by atoms with van der Waals surface area (Å²) in [4.78, 5) is 0. The minimum atomic E-state index is 0.970. The van der Waals surface area contributed by atoms with Gasteiger partial charge in [0.2, 0.25) is 0 Å². The zero-order chi connectivity index (χ0) is 13.2. The van der Waals surface area contributed by atoms with Crippen molar-refractivity contribution in [2.45, 2.75) is 6.92 Å². The van der Waals surface area contributed by atoms with Gasteiger partial charge < -0.3 is 0 Å². The summed E-state index contributed by atoms with van der Waals surface area (Å²) in [6.07, 6.45) is 1.78. The van der Waals surface area contributed by atoms with E-state index in [9.17, 15) is 0 Å². The van der Waals surface area contributed by atoms with Crippen LogP contribution in [0.15, 0.2) is 59.2 Å². The minimum absolute atomic E-state index is 0.970. The quantitative estimate of drug-likeness (QED) is 0.715. The third-order valence-corrected chi connectivity index (χ3v) is 3.64. The highest BCUT2D eigenvalue weighted by Gasteiger charge is 2.11. The molecule has 0 saturated heterocycles. The summed E-state index contributed by atoms with van der Waals surface area (Å²) in [6.45, 7) is 2.07. The molecule has 19 heavy (non-hydrogen) atoms. The van der Waals surface area contributed by atoms with E-state index in [1.165, 1.54) is 5.56 Å². The van der Waals surface area contributed by atoms with Crippen molar-refractivity contribution < 1.29 is 0 Å². The van der Waals surface area contributed by atoms with E-state index in [4.69, 9.17) is 0 Å². The van der Waals surface area contributed by atoms with Crippen LogP contribution in [0, 0.1) is 6.92 Å². The Hall–Kier alpha value is -1.94. The molecule has 1 heterocycles. The van der Waals surface area contributed by atoms with Gasteiger partial charge in [-0.3, -0.25) is 0 Å². The Kier molecular flexibility index (Phi) is 3.17. The van der Waals surface area contributed by atoms with Crippen LogP contribution in [-0.4, -0.2) is 15.0 Å². The number of nitrogens with zero attached hydrogens (tertiary/aromatic N) is 3. The SMILES string of the molecule is Cc1cccc(-n2nncc2-c2ccccc2Br)c1. The lowest BCUT2D eigenvalue weighted by Gasteiger charge is -2.08. The highest BCUT2D eigenvalue weighted by Crippen LogP contribution is 2.28. The van der Waals surface area contributed by atoms with E-state index in [2.05, 4.69) is 51.4 Å². The van der Waals surface area contributed by atoms with Crippen LogP contribution in [0.3, 0.4) is 0 Å². The first-order valence-corrected chi connectivity index (χ1v) is 6.77. The maximum Gasteiger partial charge on any atom is 0.0955 e. The molecule has 0 atom stereocenters. The molecule has 0 bridgehead atoms. The van der Waals surface area contributed by atoms with Gasteiger partial charge in [0.05, 0.1) is 17.6 Å². The van der Waals surface area contributed by atoms with Gasteiger partial charge in [0.15, 0.2) is 0 Å². The first kappa shape index (κ1) is 12.1. The minimum Gasteiger partial charge on any atom is -0.213 e. The Morgan fingerprint density at radius 3 is 2.68 bits per heavy atom. The van der Waals surface area contributed by atoms with E-state index in [-0.39, 0.29) is 0 Å². The lowest BCUT2D eigenvalue weighted by atomic mass is 10.1. The molecule has 0 spiro atoms. The van der Waals surface area contributed by atoms with E-state index >= 15 is 0 Å². The second-order valence-electron chi connectivity index (χ2n) is 4.35. The molecule has 0 N–H and O–H groups in total. The van der Waals surface area contributed by atoms with Crippen LogP contribution in [-0.2, 0) is 0 Å². The monoisotopic (exact) mass is 313 g/mol. The van der Waals surface area contributed by atoms with Gasteiger partial charge in [-0.25, -0.2) is 4.68 Å². The summed E-state index contributed by atoms with van der Waals surface area (Å²) in [5.74, 6) is 0. The Bertz CT molecular complexity index is 719. The number of benzene rings is 2. The van der Waals surface area contributed by atoms with Crippen LogP contribution in [0.4, 0.5) is 0 Å². The third-order valence-electron chi connectivity index (χ3n) is 2.95. The number of hydrogen-bond donors (Lipinski definition) is 0. The van der Waals surface area contributed by atoms with Crippen LogP contribution >= 0.6 is 15.9 Å². The fourth-order valence-corrected chi connectivity index (χ4v) is 2.53. The molecule has 1 aromatic heterocycles. The molecule has 0 aliphatic heterocycles. The molecule has 4 heteroatoms. The van der Waals surface area contributed by atoms with Gasteiger partial charge >= 0.3 is 0 Å². The van der Waals surface area contributed by atoms with Crippen molar-refractivity contribution in [1.82, 2.24) is 15.0 Å². The van der Waals surface area contributed by atoms with Gasteiger partial charge in [0, 0.05) is 10.0 Å². The number of aryl methyl sites for hydroxylation is 1. The van der Waals surface area contributed by atoms with Gasteiger partial charge in [-0.2, -0.15) is 0 Å². The predicted molar refractivity (Wildman–Crippen MR) is 79.2 cm³/mol. The predicted octanol–water partition coefficient (Wildman–Crippen LogP) is 4.01. The zero-order valence-corrected chi connectivity index (χ0v) is 12.0. The molecular weight excluding hydrogens is 302 g/mol. The standard InChI is InChI=1S/C15H12BrN3/c1-11-5-4-6-12(9-11)19-15(10-17-18-19)13-7-2-3-8-14(13)16/h2-10H,1H3. The average molecular weight is 314 g/mol. The first-order chi connectivity index (χ1) is 9.25. The van der Waals surface area contributed by atoms with Gasteiger partial charge in [0.1, 0.15) is 0 Å². The second kappa shape index (κ2) is 4.97. The molecule has 0 aliphatic rings. The Balaban J connectivity index is 2.16. The molecule has 3 nitrogen and oxygen atoms in total. The average Bonchev–Trinajstić information content (AvgIpc) is 2.88. The normalized spacial score (nSPS) is 10.6. The summed E-state index contributed by atoms with van der Waals surface area (Å²) < 4.78 is 2.89. The lowest BCUT2D eigenvalue weighted by molar-refractivity contribution is 0.807. The van der Waals surface area contributed by atoms with Gasteiger partial charge in [-0.15, -0.1) is 5.10 Å². The smallest absolute Gasteiger partial charge is 0.0955 e. The van der Waals surface area contributed by atoms with E-state index in [1.54, 1.807) is 6.20 Å².